The third-order valence-corrected chi connectivity index (χ3v) is 4.15. The molecule has 0 fully saturated rings. The highest BCUT2D eigenvalue weighted by Gasteiger charge is 2.13. The number of carbonyl (C=O) groups excluding carboxylic acids is 1. The first-order chi connectivity index (χ1) is 8.75. The van der Waals surface area contributed by atoms with Gasteiger partial charge < -0.3 is 0 Å². The zero-order chi connectivity index (χ0) is 12.5. The molecule has 2 heteroatoms. The van der Waals surface area contributed by atoms with Gasteiger partial charge in [0, 0.05) is 10.3 Å². The van der Waals surface area contributed by atoms with E-state index in [1.807, 2.05) is 55.5 Å². The molecule has 0 aliphatic carbocycles. The highest BCUT2D eigenvalue weighted by molar-refractivity contribution is 7.21. The number of carbonyl (C=O) groups is 1. The third kappa shape index (κ3) is 1.85. The van der Waals surface area contributed by atoms with Crippen LogP contribution in [-0.4, -0.2) is 5.78 Å². The maximum absolute atomic E-state index is 12.4. The van der Waals surface area contributed by atoms with Gasteiger partial charge >= 0.3 is 0 Å². The number of hydrogen-bond donors (Lipinski definition) is 0. The number of aryl methyl sites for hydroxylation is 1. The quantitative estimate of drug-likeness (QED) is 0.616. The van der Waals surface area contributed by atoms with E-state index in [4.69, 9.17) is 0 Å². The van der Waals surface area contributed by atoms with E-state index in [1.54, 1.807) is 11.3 Å². The van der Waals surface area contributed by atoms with E-state index in [0.29, 0.717) is 0 Å². The Labute approximate surface area is 110 Å². The van der Waals surface area contributed by atoms with Gasteiger partial charge in [0.05, 0.1) is 4.88 Å². The summed E-state index contributed by atoms with van der Waals surface area (Å²) in [6.45, 7) is 1.97. The first kappa shape index (κ1) is 11.2. The number of fused-ring (bicyclic) bond motifs is 1. The van der Waals surface area contributed by atoms with E-state index in [2.05, 4.69) is 6.07 Å². The normalized spacial score (nSPS) is 10.7. The minimum absolute atomic E-state index is 0.120. The van der Waals surface area contributed by atoms with Crippen molar-refractivity contribution in [2.45, 2.75) is 6.92 Å². The summed E-state index contributed by atoms with van der Waals surface area (Å²) in [4.78, 5) is 13.3. The molecule has 0 aliphatic heterocycles. The maximum Gasteiger partial charge on any atom is 0.203 e. The Bertz CT molecular complexity index is 692. The van der Waals surface area contributed by atoms with Crippen molar-refractivity contribution in [3.63, 3.8) is 0 Å². The molecule has 3 rings (SSSR count). The van der Waals surface area contributed by atoms with Gasteiger partial charge in [0.1, 0.15) is 0 Å². The van der Waals surface area contributed by atoms with Crippen molar-refractivity contribution in [2.24, 2.45) is 0 Å². The molecule has 0 N–H and O–H groups in total. The molecule has 1 nitrogen and oxygen atoms in total. The average Bonchev–Trinajstić information content (AvgIpc) is 2.82. The molecule has 0 amide bonds. The molecule has 0 unspecified atom stereocenters. The van der Waals surface area contributed by atoms with E-state index in [1.165, 1.54) is 0 Å². The Morgan fingerprint density at radius 3 is 2.50 bits per heavy atom. The second-order valence-corrected chi connectivity index (χ2v) is 5.38. The topological polar surface area (TPSA) is 17.1 Å². The predicted molar refractivity (Wildman–Crippen MR) is 76.4 cm³/mol. The van der Waals surface area contributed by atoms with Crippen molar-refractivity contribution in [1.29, 1.82) is 0 Å². The second-order valence-electron chi connectivity index (χ2n) is 4.29. The van der Waals surface area contributed by atoms with E-state index in [9.17, 15) is 4.79 Å². The van der Waals surface area contributed by atoms with Crippen LogP contribution in [0.3, 0.4) is 0 Å². The third-order valence-electron chi connectivity index (χ3n) is 3.04. The van der Waals surface area contributed by atoms with E-state index >= 15 is 0 Å². The molecule has 0 radical (unpaired) electrons. The summed E-state index contributed by atoms with van der Waals surface area (Å²) in [6.07, 6.45) is 0. The van der Waals surface area contributed by atoms with Gasteiger partial charge in [-0.1, -0.05) is 42.5 Å². The number of hydrogen-bond acceptors (Lipinski definition) is 2. The molecule has 3 aromatic rings. The van der Waals surface area contributed by atoms with E-state index in [-0.39, 0.29) is 5.78 Å². The standard InChI is InChI=1S/C16H12OS/c1-11-6-2-4-8-13(11)16(17)15-10-12-7-3-5-9-14(12)18-15/h2-10H,1H3. The summed E-state index contributed by atoms with van der Waals surface area (Å²) < 4.78 is 1.16. The van der Waals surface area contributed by atoms with Gasteiger partial charge in [-0.3, -0.25) is 4.79 Å². The van der Waals surface area contributed by atoms with Crippen LogP contribution in [0, 0.1) is 6.92 Å². The molecule has 0 bridgehead atoms. The predicted octanol–water partition coefficient (Wildman–Crippen LogP) is 4.44. The van der Waals surface area contributed by atoms with Crippen molar-refractivity contribution >= 4 is 27.2 Å². The smallest absolute Gasteiger partial charge is 0.203 e. The molecule has 18 heavy (non-hydrogen) atoms. The molecule has 0 aliphatic rings. The first-order valence-electron chi connectivity index (χ1n) is 5.84. The molecule has 1 heterocycles. The average molecular weight is 252 g/mol. The molecule has 2 aromatic carbocycles. The van der Waals surface area contributed by atoms with Gasteiger partial charge in [0.15, 0.2) is 0 Å². The summed E-state index contributed by atoms with van der Waals surface area (Å²) in [5.74, 6) is 0.120. The van der Waals surface area contributed by atoms with Crippen LogP contribution in [0.5, 0.6) is 0 Å². The number of ketones is 1. The summed E-state index contributed by atoms with van der Waals surface area (Å²) >= 11 is 1.56. The molecular formula is C16H12OS. The van der Waals surface area contributed by atoms with Gasteiger partial charge in [0.25, 0.3) is 0 Å². The number of rotatable bonds is 2. The minimum atomic E-state index is 0.120. The highest BCUT2D eigenvalue weighted by Crippen LogP contribution is 2.27. The Morgan fingerprint density at radius 1 is 1.00 bits per heavy atom. The molecule has 88 valence electrons. The lowest BCUT2D eigenvalue weighted by Crippen LogP contribution is -2.00. The van der Waals surface area contributed by atoms with Crippen molar-refractivity contribution in [3.05, 3.63) is 70.6 Å². The Hall–Kier alpha value is -1.93. The van der Waals surface area contributed by atoms with E-state index in [0.717, 1.165) is 26.1 Å². The van der Waals surface area contributed by atoms with Crippen LogP contribution in [-0.2, 0) is 0 Å². The molecule has 0 spiro atoms. The van der Waals surface area contributed by atoms with Crippen molar-refractivity contribution in [1.82, 2.24) is 0 Å². The minimum Gasteiger partial charge on any atom is -0.288 e. The van der Waals surface area contributed by atoms with Crippen LogP contribution in [0.2, 0.25) is 0 Å². The lowest BCUT2D eigenvalue weighted by molar-refractivity contribution is 0.104. The monoisotopic (exact) mass is 252 g/mol. The summed E-state index contributed by atoms with van der Waals surface area (Å²) in [5, 5.41) is 1.14. The van der Waals surface area contributed by atoms with Gasteiger partial charge in [0.2, 0.25) is 5.78 Å². The van der Waals surface area contributed by atoms with Crippen molar-refractivity contribution in [3.8, 4) is 0 Å². The van der Waals surface area contributed by atoms with Gasteiger partial charge in [-0.05, 0) is 30.0 Å². The fraction of sp³-hybridized carbons (Fsp3) is 0.0625. The van der Waals surface area contributed by atoms with Crippen LogP contribution in [0.25, 0.3) is 10.1 Å². The Kier molecular flexibility index (Phi) is 2.73. The molecule has 0 atom stereocenters. The zero-order valence-corrected chi connectivity index (χ0v) is 10.8. The highest BCUT2D eigenvalue weighted by atomic mass is 32.1. The van der Waals surface area contributed by atoms with Crippen LogP contribution in [0.15, 0.2) is 54.6 Å². The second kappa shape index (κ2) is 4.39. The molecule has 0 saturated carbocycles. The largest absolute Gasteiger partial charge is 0.288 e. The van der Waals surface area contributed by atoms with Gasteiger partial charge in [-0.2, -0.15) is 0 Å². The summed E-state index contributed by atoms with van der Waals surface area (Å²) in [5.41, 5.74) is 1.82. The van der Waals surface area contributed by atoms with Gasteiger partial charge in [-0.15, -0.1) is 11.3 Å². The van der Waals surface area contributed by atoms with Crippen molar-refractivity contribution < 1.29 is 4.79 Å². The van der Waals surface area contributed by atoms with E-state index < -0.39 is 0 Å². The van der Waals surface area contributed by atoms with Gasteiger partial charge in [-0.25, -0.2) is 0 Å². The Morgan fingerprint density at radius 2 is 1.72 bits per heavy atom. The SMILES string of the molecule is Cc1ccccc1C(=O)c1cc2ccccc2s1. The molecule has 1 aromatic heterocycles. The molecule has 0 saturated heterocycles. The van der Waals surface area contributed by atoms with Crippen LogP contribution in [0.4, 0.5) is 0 Å². The summed E-state index contributed by atoms with van der Waals surface area (Å²) in [7, 11) is 0. The van der Waals surface area contributed by atoms with Crippen LogP contribution >= 0.6 is 11.3 Å². The Balaban J connectivity index is 2.10. The fourth-order valence-electron chi connectivity index (χ4n) is 2.05. The lowest BCUT2D eigenvalue weighted by Gasteiger charge is -2.01. The molecular weight excluding hydrogens is 240 g/mol. The lowest BCUT2D eigenvalue weighted by atomic mass is 10.0. The fourth-order valence-corrected chi connectivity index (χ4v) is 3.07. The van der Waals surface area contributed by atoms with Crippen LogP contribution < -0.4 is 0 Å². The number of benzene rings is 2. The maximum atomic E-state index is 12.4. The van der Waals surface area contributed by atoms with Crippen molar-refractivity contribution in [2.75, 3.05) is 0 Å². The number of thiophene rings is 1. The zero-order valence-electron chi connectivity index (χ0n) is 10.0. The summed E-state index contributed by atoms with van der Waals surface area (Å²) in [6, 6.07) is 17.8. The first-order valence-corrected chi connectivity index (χ1v) is 6.66. The van der Waals surface area contributed by atoms with Crippen LogP contribution in [0.1, 0.15) is 20.8 Å².